The first-order chi connectivity index (χ1) is 12.1. The van der Waals surface area contributed by atoms with E-state index in [0.717, 1.165) is 12.0 Å². The summed E-state index contributed by atoms with van der Waals surface area (Å²) in [5.41, 5.74) is 1.89. The second-order valence-electron chi connectivity index (χ2n) is 5.50. The van der Waals surface area contributed by atoms with Gasteiger partial charge in [0, 0.05) is 6.54 Å². The molecule has 1 saturated heterocycles. The Labute approximate surface area is 156 Å². The van der Waals surface area contributed by atoms with Crippen molar-refractivity contribution in [2.45, 2.75) is 6.42 Å². The van der Waals surface area contributed by atoms with Crippen LogP contribution in [0.3, 0.4) is 0 Å². The van der Waals surface area contributed by atoms with E-state index in [1.54, 1.807) is 29.2 Å². The number of amides is 1. The number of methoxy groups -OCH3 is 1. The van der Waals surface area contributed by atoms with Gasteiger partial charge >= 0.3 is 0 Å². The Bertz CT molecular complexity index is 834. The maximum absolute atomic E-state index is 12.6. The average molecular weight is 371 g/mol. The molecule has 2 aromatic carbocycles. The molecule has 6 heteroatoms. The Balaban J connectivity index is 1.73. The molecule has 1 heterocycles. The van der Waals surface area contributed by atoms with E-state index in [2.05, 4.69) is 0 Å². The fraction of sp³-hybridized carbons (Fsp3) is 0.158. The van der Waals surface area contributed by atoms with Gasteiger partial charge in [-0.15, -0.1) is 0 Å². The maximum atomic E-state index is 12.6. The first kappa shape index (κ1) is 17.5. The summed E-state index contributed by atoms with van der Waals surface area (Å²) < 4.78 is 5.59. The fourth-order valence-electron chi connectivity index (χ4n) is 2.53. The Morgan fingerprint density at radius 2 is 2.00 bits per heavy atom. The number of carbonyl (C=O) groups is 1. The minimum Gasteiger partial charge on any atom is -0.504 e. The molecule has 1 aliphatic heterocycles. The zero-order valence-corrected chi connectivity index (χ0v) is 15.3. The summed E-state index contributed by atoms with van der Waals surface area (Å²) in [4.78, 5) is 14.8. The van der Waals surface area contributed by atoms with Gasteiger partial charge in [0.1, 0.15) is 4.32 Å². The van der Waals surface area contributed by atoms with Crippen molar-refractivity contribution in [1.82, 2.24) is 4.90 Å². The highest BCUT2D eigenvalue weighted by Gasteiger charge is 2.31. The van der Waals surface area contributed by atoms with Gasteiger partial charge in [0.05, 0.1) is 12.0 Å². The molecule has 0 spiro atoms. The Kier molecular flexibility index (Phi) is 5.40. The summed E-state index contributed by atoms with van der Waals surface area (Å²) in [6.45, 7) is 0.555. The lowest BCUT2D eigenvalue weighted by Crippen LogP contribution is -2.30. The third kappa shape index (κ3) is 4.03. The standard InChI is InChI=1S/C19H17NO3S2/c1-23-16-8-7-14(11-15(16)21)12-17-18(22)20(19(24)25-17)10-9-13-5-3-2-4-6-13/h2-8,11-12,21H,9-10H2,1H3/b17-12-. The zero-order valence-electron chi connectivity index (χ0n) is 13.6. The number of thioether (sulfide) groups is 1. The normalized spacial score (nSPS) is 15.9. The summed E-state index contributed by atoms with van der Waals surface area (Å²) >= 11 is 6.63. The summed E-state index contributed by atoms with van der Waals surface area (Å²) in [7, 11) is 1.49. The van der Waals surface area contributed by atoms with Crippen LogP contribution in [0, 0.1) is 0 Å². The number of benzene rings is 2. The topological polar surface area (TPSA) is 49.8 Å². The van der Waals surface area contributed by atoms with Crippen LogP contribution in [0.5, 0.6) is 11.5 Å². The Morgan fingerprint density at radius 1 is 1.24 bits per heavy atom. The molecule has 3 rings (SSSR count). The van der Waals surface area contributed by atoms with Crippen LogP contribution in [0.4, 0.5) is 0 Å². The molecule has 0 radical (unpaired) electrons. The molecule has 0 saturated carbocycles. The van der Waals surface area contributed by atoms with Crippen molar-refractivity contribution in [2.75, 3.05) is 13.7 Å². The van der Waals surface area contributed by atoms with E-state index in [1.165, 1.54) is 24.4 Å². The van der Waals surface area contributed by atoms with Crippen molar-refractivity contribution in [3.8, 4) is 11.5 Å². The number of thiocarbonyl (C=S) groups is 1. The minimum absolute atomic E-state index is 0.0378. The van der Waals surface area contributed by atoms with E-state index in [1.807, 2.05) is 30.3 Å². The second kappa shape index (κ2) is 7.72. The van der Waals surface area contributed by atoms with Crippen molar-refractivity contribution in [2.24, 2.45) is 0 Å². The van der Waals surface area contributed by atoms with Gasteiger partial charge < -0.3 is 9.84 Å². The summed E-state index contributed by atoms with van der Waals surface area (Å²) in [6.07, 6.45) is 2.49. The van der Waals surface area contributed by atoms with E-state index < -0.39 is 0 Å². The molecule has 0 aromatic heterocycles. The molecule has 1 fully saturated rings. The average Bonchev–Trinajstić information content (AvgIpc) is 2.87. The van der Waals surface area contributed by atoms with E-state index in [9.17, 15) is 9.90 Å². The van der Waals surface area contributed by atoms with Crippen LogP contribution in [0.25, 0.3) is 6.08 Å². The van der Waals surface area contributed by atoms with Crippen LogP contribution in [0.15, 0.2) is 53.4 Å². The molecular formula is C19H17NO3S2. The van der Waals surface area contributed by atoms with E-state index in [4.69, 9.17) is 17.0 Å². The lowest BCUT2D eigenvalue weighted by molar-refractivity contribution is -0.122. The molecule has 0 bridgehead atoms. The van der Waals surface area contributed by atoms with Crippen LogP contribution < -0.4 is 4.74 Å². The summed E-state index contributed by atoms with van der Waals surface area (Å²) in [5.74, 6) is 0.338. The van der Waals surface area contributed by atoms with Gasteiger partial charge in [-0.25, -0.2) is 0 Å². The smallest absolute Gasteiger partial charge is 0.266 e. The van der Waals surface area contributed by atoms with Gasteiger partial charge in [-0.1, -0.05) is 60.4 Å². The molecule has 0 unspecified atom stereocenters. The SMILES string of the molecule is COc1ccc(/C=C2\SC(=S)N(CCc3ccccc3)C2=O)cc1O. The van der Waals surface area contributed by atoms with E-state index in [0.29, 0.717) is 21.5 Å². The number of ether oxygens (including phenoxy) is 1. The van der Waals surface area contributed by atoms with Crippen molar-refractivity contribution in [1.29, 1.82) is 0 Å². The van der Waals surface area contributed by atoms with Crippen molar-refractivity contribution in [3.63, 3.8) is 0 Å². The third-order valence-corrected chi connectivity index (χ3v) is 5.22. The van der Waals surface area contributed by atoms with E-state index in [-0.39, 0.29) is 11.7 Å². The van der Waals surface area contributed by atoms with Crippen LogP contribution in [-0.4, -0.2) is 33.9 Å². The first-order valence-corrected chi connectivity index (χ1v) is 8.97. The molecule has 2 aromatic rings. The van der Waals surface area contributed by atoms with Crippen LogP contribution in [0.1, 0.15) is 11.1 Å². The molecule has 0 atom stereocenters. The number of carbonyl (C=O) groups excluding carboxylic acids is 1. The predicted molar refractivity (Wildman–Crippen MR) is 105 cm³/mol. The van der Waals surface area contributed by atoms with Crippen molar-refractivity contribution >= 4 is 40.3 Å². The Hall–Kier alpha value is -2.31. The van der Waals surface area contributed by atoms with E-state index >= 15 is 0 Å². The van der Waals surface area contributed by atoms with Gasteiger partial charge in [0.15, 0.2) is 11.5 Å². The quantitative estimate of drug-likeness (QED) is 0.639. The molecule has 1 aliphatic rings. The van der Waals surface area contributed by atoms with Crippen LogP contribution in [-0.2, 0) is 11.2 Å². The number of phenols is 1. The predicted octanol–water partition coefficient (Wildman–Crippen LogP) is 3.84. The fourth-order valence-corrected chi connectivity index (χ4v) is 3.84. The number of phenolic OH excluding ortho intramolecular Hbond substituents is 1. The molecular weight excluding hydrogens is 354 g/mol. The number of nitrogens with zero attached hydrogens (tertiary/aromatic N) is 1. The van der Waals surface area contributed by atoms with Crippen LogP contribution in [0.2, 0.25) is 0 Å². The number of hydrogen-bond acceptors (Lipinski definition) is 5. The largest absolute Gasteiger partial charge is 0.504 e. The highest BCUT2D eigenvalue weighted by molar-refractivity contribution is 8.26. The zero-order chi connectivity index (χ0) is 17.8. The first-order valence-electron chi connectivity index (χ1n) is 7.75. The lowest BCUT2D eigenvalue weighted by Gasteiger charge is -2.14. The molecule has 1 N–H and O–H groups in total. The molecule has 4 nitrogen and oxygen atoms in total. The van der Waals surface area contributed by atoms with Crippen molar-refractivity contribution in [3.05, 3.63) is 64.6 Å². The molecule has 1 amide bonds. The number of rotatable bonds is 5. The van der Waals surface area contributed by atoms with Gasteiger partial charge in [-0.05, 0) is 35.8 Å². The summed E-state index contributed by atoms with van der Waals surface area (Å²) in [6, 6.07) is 15.0. The van der Waals surface area contributed by atoms with Gasteiger partial charge in [-0.2, -0.15) is 0 Å². The van der Waals surface area contributed by atoms with Gasteiger partial charge in [0.25, 0.3) is 5.91 Å². The van der Waals surface area contributed by atoms with Gasteiger partial charge in [0.2, 0.25) is 0 Å². The summed E-state index contributed by atoms with van der Waals surface area (Å²) in [5, 5.41) is 9.86. The third-order valence-electron chi connectivity index (χ3n) is 3.84. The van der Waals surface area contributed by atoms with Crippen molar-refractivity contribution < 1.29 is 14.6 Å². The number of aromatic hydroxyl groups is 1. The lowest BCUT2D eigenvalue weighted by atomic mass is 10.1. The molecule has 128 valence electrons. The monoisotopic (exact) mass is 371 g/mol. The molecule has 0 aliphatic carbocycles. The highest BCUT2D eigenvalue weighted by atomic mass is 32.2. The second-order valence-corrected chi connectivity index (χ2v) is 7.18. The molecule has 25 heavy (non-hydrogen) atoms. The minimum atomic E-state index is -0.0961. The highest BCUT2D eigenvalue weighted by Crippen LogP contribution is 2.34. The van der Waals surface area contributed by atoms with Crippen LogP contribution >= 0.6 is 24.0 Å². The number of hydrogen-bond donors (Lipinski definition) is 1. The Morgan fingerprint density at radius 3 is 2.68 bits per heavy atom. The van der Waals surface area contributed by atoms with Gasteiger partial charge in [-0.3, -0.25) is 9.69 Å². The maximum Gasteiger partial charge on any atom is 0.266 e.